The van der Waals surface area contributed by atoms with Crippen molar-refractivity contribution >= 4 is 24.2 Å². The summed E-state index contributed by atoms with van der Waals surface area (Å²) in [6.07, 6.45) is 2.77. The zero-order valence-electron chi connectivity index (χ0n) is 14.8. The van der Waals surface area contributed by atoms with Crippen LogP contribution < -0.4 is 10.2 Å². The van der Waals surface area contributed by atoms with Crippen molar-refractivity contribution < 1.29 is 9.21 Å². The van der Waals surface area contributed by atoms with Crippen molar-refractivity contribution in [3.63, 3.8) is 0 Å². The molecule has 1 aromatic carbocycles. The van der Waals surface area contributed by atoms with Gasteiger partial charge >= 0.3 is 0 Å². The Hall–Kier alpha value is -2.65. The van der Waals surface area contributed by atoms with Crippen LogP contribution in [-0.2, 0) is 11.2 Å². The topological polar surface area (TPSA) is 69.3 Å². The molecule has 0 bridgehead atoms. The Morgan fingerprint density at radius 2 is 2.00 bits per heavy atom. The minimum atomic E-state index is -0.553. The first-order chi connectivity index (χ1) is 12.5. The van der Waals surface area contributed by atoms with Crippen LogP contribution in [0, 0.1) is 18.3 Å². The number of anilines is 1. The van der Waals surface area contributed by atoms with Gasteiger partial charge in [-0.25, -0.2) is 0 Å². The lowest BCUT2D eigenvalue weighted by Gasteiger charge is -2.36. The number of nitrogens with one attached hydrogen (secondary N) is 1. The number of furan rings is 1. The minimum Gasteiger partial charge on any atom is -0.462 e. The molecule has 26 heavy (non-hydrogen) atoms. The fourth-order valence-corrected chi connectivity index (χ4v) is 3.36. The summed E-state index contributed by atoms with van der Waals surface area (Å²) < 4.78 is 5.72. The Morgan fingerprint density at radius 1 is 1.27 bits per heavy atom. The zero-order valence-corrected chi connectivity index (χ0v) is 15.7. The minimum absolute atomic E-state index is 0.0112. The number of carbonyl (C=O) groups is 1. The third-order valence-electron chi connectivity index (χ3n) is 4.38. The maximum Gasteiger partial charge on any atom is 0.266 e. The molecule has 1 aliphatic heterocycles. The van der Waals surface area contributed by atoms with Gasteiger partial charge in [-0.15, -0.1) is 12.6 Å². The smallest absolute Gasteiger partial charge is 0.266 e. The second-order valence-electron chi connectivity index (χ2n) is 6.27. The van der Waals surface area contributed by atoms with E-state index in [0.717, 1.165) is 30.7 Å². The van der Waals surface area contributed by atoms with Crippen molar-refractivity contribution in [2.24, 2.45) is 0 Å². The van der Waals surface area contributed by atoms with Crippen LogP contribution in [0.1, 0.15) is 43.0 Å². The molecule has 1 atom stereocenters. The number of nitriles is 1. The molecule has 0 saturated heterocycles. The van der Waals surface area contributed by atoms with Crippen molar-refractivity contribution in [3.05, 3.63) is 64.1 Å². The Morgan fingerprint density at radius 3 is 2.58 bits per heavy atom. The number of benzene rings is 1. The van der Waals surface area contributed by atoms with Gasteiger partial charge in [-0.1, -0.05) is 25.5 Å². The van der Waals surface area contributed by atoms with Gasteiger partial charge in [0.2, 0.25) is 0 Å². The normalized spacial score (nSPS) is 17.2. The number of unbranched alkanes of at least 4 members (excludes halogenated alkanes) is 1. The Balaban J connectivity index is 2.02. The standard InChI is InChI=1S/C20H21N3O2S/c1-3-4-5-14-7-9-15(10-8-14)23-18(17-11-6-13(2)25-17)22-19(24)16(12-21)20(23)26/h6-11,18,26H,3-5H2,1-2H3,(H,22,24). The van der Waals surface area contributed by atoms with Crippen molar-refractivity contribution in [1.82, 2.24) is 5.32 Å². The first-order valence-electron chi connectivity index (χ1n) is 8.64. The average molecular weight is 367 g/mol. The van der Waals surface area contributed by atoms with Crippen LogP contribution >= 0.6 is 12.6 Å². The van der Waals surface area contributed by atoms with Crippen LogP contribution in [0.2, 0.25) is 0 Å². The molecular formula is C20H21N3O2S. The van der Waals surface area contributed by atoms with Crippen molar-refractivity contribution in [2.45, 2.75) is 39.3 Å². The van der Waals surface area contributed by atoms with Crippen LogP contribution in [0.5, 0.6) is 0 Å². The molecule has 1 amide bonds. The van der Waals surface area contributed by atoms with E-state index in [-0.39, 0.29) is 5.57 Å². The van der Waals surface area contributed by atoms with E-state index in [9.17, 15) is 10.1 Å². The largest absolute Gasteiger partial charge is 0.462 e. The van der Waals surface area contributed by atoms with Gasteiger partial charge in [-0.05, 0) is 49.6 Å². The van der Waals surface area contributed by atoms with Gasteiger partial charge in [-0.2, -0.15) is 5.26 Å². The van der Waals surface area contributed by atoms with Gasteiger partial charge in [0.1, 0.15) is 23.2 Å². The molecule has 0 saturated carbocycles. The predicted octanol–water partition coefficient (Wildman–Crippen LogP) is 4.23. The molecule has 3 rings (SSSR count). The number of thiol groups is 1. The molecule has 1 unspecified atom stereocenters. The summed E-state index contributed by atoms with van der Waals surface area (Å²) in [4.78, 5) is 14.1. The number of rotatable bonds is 5. The summed E-state index contributed by atoms with van der Waals surface area (Å²) in [6, 6.07) is 13.7. The monoisotopic (exact) mass is 367 g/mol. The maximum atomic E-state index is 12.3. The van der Waals surface area contributed by atoms with Gasteiger partial charge in [0.25, 0.3) is 5.91 Å². The highest BCUT2D eigenvalue weighted by atomic mass is 32.1. The summed E-state index contributed by atoms with van der Waals surface area (Å²) in [7, 11) is 0. The van der Waals surface area contributed by atoms with Gasteiger partial charge in [-0.3, -0.25) is 4.79 Å². The summed E-state index contributed by atoms with van der Waals surface area (Å²) >= 11 is 4.48. The third-order valence-corrected chi connectivity index (χ3v) is 4.82. The van der Waals surface area contributed by atoms with Crippen LogP contribution in [0.4, 0.5) is 5.69 Å². The van der Waals surface area contributed by atoms with E-state index in [1.807, 2.05) is 42.2 Å². The molecule has 0 fully saturated rings. The number of hydrogen-bond donors (Lipinski definition) is 2. The Labute approximate surface area is 158 Å². The molecule has 0 aliphatic carbocycles. The van der Waals surface area contributed by atoms with Crippen molar-refractivity contribution in [3.8, 4) is 6.07 Å². The molecule has 6 heteroatoms. The molecule has 134 valence electrons. The Bertz CT molecular complexity index is 877. The average Bonchev–Trinajstić information content (AvgIpc) is 3.07. The lowest BCUT2D eigenvalue weighted by molar-refractivity contribution is -0.118. The summed E-state index contributed by atoms with van der Waals surface area (Å²) in [5.41, 5.74) is 2.08. The first-order valence-corrected chi connectivity index (χ1v) is 9.08. The molecule has 0 spiro atoms. The highest BCUT2D eigenvalue weighted by Crippen LogP contribution is 2.36. The molecule has 1 aliphatic rings. The third kappa shape index (κ3) is 3.49. The fraction of sp³-hybridized carbons (Fsp3) is 0.300. The lowest BCUT2D eigenvalue weighted by atomic mass is 10.1. The molecule has 1 N–H and O–H groups in total. The lowest BCUT2D eigenvalue weighted by Crippen LogP contribution is -2.45. The highest BCUT2D eigenvalue weighted by molar-refractivity contribution is 7.84. The van der Waals surface area contributed by atoms with E-state index in [1.165, 1.54) is 5.56 Å². The van der Waals surface area contributed by atoms with Crippen LogP contribution in [0.15, 0.2) is 51.4 Å². The molecule has 2 aromatic rings. The number of aryl methyl sites for hydroxylation is 2. The predicted molar refractivity (Wildman–Crippen MR) is 103 cm³/mol. The van der Waals surface area contributed by atoms with E-state index in [4.69, 9.17) is 4.42 Å². The van der Waals surface area contributed by atoms with E-state index >= 15 is 0 Å². The molecule has 5 nitrogen and oxygen atoms in total. The van der Waals surface area contributed by atoms with Crippen LogP contribution in [0.25, 0.3) is 0 Å². The number of carbonyl (C=O) groups excluding carboxylic acids is 1. The zero-order chi connectivity index (χ0) is 18.7. The molecular weight excluding hydrogens is 346 g/mol. The quantitative estimate of drug-likeness (QED) is 0.776. The van der Waals surface area contributed by atoms with Gasteiger partial charge in [0.15, 0.2) is 6.17 Å². The van der Waals surface area contributed by atoms with Crippen molar-refractivity contribution in [2.75, 3.05) is 4.90 Å². The van der Waals surface area contributed by atoms with E-state index in [1.54, 1.807) is 0 Å². The first kappa shape index (κ1) is 18.2. The summed E-state index contributed by atoms with van der Waals surface area (Å²) in [5.74, 6) is 0.890. The summed E-state index contributed by atoms with van der Waals surface area (Å²) in [6.45, 7) is 4.02. The number of amides is 1. The van der Waals surface area contributed by atoms with Gasteiger partial charge < -0.3 is 14.6 Å². The maximum absolute atomic E-state index is 12.3. The second-order valence-corrected chi connectivity index (χ2v) is 6.70. The SMILES string of the molecule is CCCCc1ccc(N2C(S)=C(C#N)C(=O)NC2c2ccc(C)o2)cc1. The van der Waals surface area contributed by atoms with Gasteiger partial charge in [0, 0.05) is 5.69 Å². The number of hydrogen-bond acceptors (Lipinski definition) is 5. The highest BCUT2D eigenvalue weighted by Gasteiger charge is 2.35. The van der Waals surface area contributed by atoms with Crippen LogP contribution in [-0.4, -0.2) is 5.91 Å². The molecule has 0 radical (unpaired) electrons. The second kappa shape index (κ2) is 7.71. The number of nitrogens with zero attached hydrogens (tertiary/aromatic N) is 2. The molecule has 2 heterocycles. The fourth-order valence-electron chi connectivity index (χ4n) is 2.98. The summed E-state index contributed by atoms with van der Waals surface area (Å²) in [5, 5.41) is 12.5. The van der Waals surface area contributed by atoms with Crippen molar-refractivity contribution in [1.29, 1.82) is 5.26 Å². The van der Waals surface area contributed by atoms with E-state index in [2.05, 4.69) is 37.0 Å². The Kier molecular flexibility index (Phi) is 5.38. The van der Waals surface area contributed by atoms with E-state index in [0.29, 0.717) is 10.8 Å². The van der Waals surface area contributed by atoms with E-state index < -0.39 is 12.1 Å². The van der Waals surface area contributed by atoms with Gasteiger partial charge in [0.05, 0.1) is 5.03 Å². The van der Waals surface area contributed by atoms with Crippen LogP contribution in [0.3, 0.4) is 0 Å². The molecule has 1 aromatic heterocycles.